The van der Waals surface area contributed by atoms with Crippen molar-refractivity contribution >= 4 is 5.97 Å². The lowest BCUT2D eigenvalue weighted by atomic mass is 9.77. The summed E-state index contributed by atoms with van der Waals surface area (Å²) < 4.78 is 6.21. The number of hydrogen-bond donors (Lipinski definition) is 2. The van der Waals surface area contributed by atoms with Gasteiger partial charge in [0.2, 0.25) is 0 Å². The largest absolute Gasteiger partial charge is 0.479 e. The Labute approximate surface area is 157 Å². The fourth-order valence-electron chi connectivity index (χ4n) is 6.10. The number of aliphatic hydroxyl groups excluding tert-OH is 1. The predicted molar refractivity (Wildman–Crippen MR) is 99.7 cm³/mol. The summed E-state index contributed by atoms with van der Waals surface area (Å²) in [5, 5.41) is 18.1. The fourth-order valence-corrected chi connectivity index (χ4v) is 6.10. The van der Waals surface area contributed by atoms with E-state index in [1.807, 2.05) is 0 Å². The quantitative estimate of drug-likeness (QED) is 0.636. The van der Waals surface area contributed by atoms with Crippen LogP contribution in [0.5, 0.6) is 0 Å². The molecule has 1 saturated heterocycles. The Hall–Kier alpha value is -0.870. The molecule has 3 unspecified atom stereocenters. The molecule has 4 nitrogen and oxygen atoms in total. The zero-order valence-corrected chi connectivity index (χ0v) is 15.8. The molecule has 7 atom stereocenters. The molecule has 26 heavy (non-hydrogen) atoms. The number of allylic oxidation sites excluding steroid dienone is 2. The number of carboxylic acid groups (broad SMARTS) is 1. The standard InChI is InChI=1S/C22H34O4/c23-20(22(24)25)6-2-5-18-13-19-15(9-10-21(19)26-18)4-1-3-14-11-16-7-8-17(16)12-14/h1,4,14-21,23H,2-3,5-13H2,(H,24,25)/t14?,15-,16?,17?,18+,19+,20?,21-/m0/s1. The van der Waals surface area contributed by atoms with E-state index in [9.17, 15) is 9.90 Å². The first-order chi connectivity index (χ1) is 12.6. The zero-order chi connectivity index (χ0) is 18.1. The fraction of sp³-hybridized carbons (Fsp3) is 0.864. The van der Waals surface area contributed by atoms with E-state index in [1.165, 1.54) is 44.9 Å². The van der Waals surface area contributed by atoms with Gasteiger partial charge in [0, 0.05) is 0 Å². The third-order valence-electron chi connectivity index (χ3n) is 7.70. The first-order valence-electron chi connectivity index (χ1n) is 10.8. The molecule has 1 aliphatic heterocycles. The van der Waals surface area contributed by atoms with Crippen molar-refractivity contribution in [2.45, 2.75) is 88.9 Å². The van der Waals surface area contributed by atoms with Crippen molar-refractivity contribution in [3.8, 4) is 0 Å². The number of carboxylic acids is 1. The highest BCUT2D eigenvalue weighted by Gasteiger charge is 2.43. The van der Waals surface area contributed by atoms with Crippen LogP contribution in [0.4, 0.5) is 0 Å². The lowest BCUT2D eigenvalue weighted by Crippen LogP contribution is -2.20. The molecule has 0 aromatic rings. The lowest BCUT2D eigenvalue weighted by Gasteiger charge is -2.29. The van der Waals surface area contributed by atoms with Crippen molar-refractivity contribution in [3.63, 3.8) is 0 Å². The highest BCUT2D eigenvalue weighted by atomic mass is 16.5. The number of fused-ring (bicyclic) bond motifs is 2. The summed E-state index contributed by atoms with van der Waals surface area (Å²) in [6.45, 7) is 0. The molecule has 1 heterocycles. The van der Waals surface area contributed by atoms with Crippen LogP contribution in [0.25, 0.3) is 0 Å². The minimum Gasteiger partial charge on any atom is -0.479 e. The van der Waals surface area contributed by atoms with Crippen LogP contribution < -0.4 is 0 Å². The van der Waals surface area contributed by atoms with E-state index in [-0.39, 0.29) is 6.10 Å². The normalized spacial score (nSPS) is 42.6. The minimum absolute atomic E-state index is 0.257. The van der Waals surface area contributed by atoms with Gasteiger partial charge in [-0.25, -0.2) is 4.79 Å². The SMILES string of the molecule is O=C(O)C(O)CCC[C@@H]1C[C@H]2[C@H](CC[C@@H]2C=CCC2CC3CCC3C2)O1. The van der Waals surface area contributed by atoms with Crippen LogP contribution in [0.15, 0.2) is 12.2 Å². The van der Waals surface area contributed by atoms with Crippen molar-refractivity contribution in [3.05, 3.63) is 12.2 Å². The molecular weight excluding hydrogens is 328 g/mol. The first-order valence-corrected chi connectivity index (χ1v) is 10.8. The average Bonchev–Trinajstić information content (AvgIpc) is 3.23. The Morgan fingerprint density at radius 1 is 1.12 bits per heavy atom. The Balaban J connectivity index is 1.18. The van der Waals surface area contributed by atoms with E-state index < -0.39 is 12.1 Å². The van der Waals surface area contributed by atoms with Gasteiger partial charge in [-0.1, -0.05) is 12.2 Å². The Kier molecular flexibility index (Phi) is 5.70. The van der Waals surface area contributed by atoms with Crippen LogP contribution in [-0.4, -0.2) is 34.5 Å². The average molecular weight is 363 g/mol. The second-order valence-corrected chi connectivity index (χ2v) is 9.32. The van der Waals surface area contributed by atoms with Crippen LogP contribution in [-0.2, 0) is 9.53 Å². The van der Waals surface area contributed by atoms with Crippen LogP contribution in [0.1, 0.15) is 70.6 Å². The maximum Gasteiger partial charge on any atom is 0.332 e. The maximum absolute atomic E-state index is 10.7. The number of aliphatic carboxylic acids is 1. The molecule has 4 heteroatoms. The van der Waals surface area contributed by atoms with Crippen LogP contribution in [0.2, 0.25) is 0 Å². The molecule has 0 bridgehead atoms. The van der Waals surface area contributed by atoms with E-state index >= 15 is 0 Å². The van der Waals surface area contributed by atoms with Gasteiger partial charge in [0.15, 0.2) is 6.10 Å². The second kappa shape index (κ2) is 8.02. The molecule has 4 rings (SSSR count). The summed E-state index contributed by atoms with van der Waals surface area (Å²) in [4.78, 5) is 10.7. The highest BCUT2D eigenvalue weighted by Crippen LogP contribution is 2.50. The van der Waals surface area contributed by atoms with E-state index in [1.54, 1.807) is 0 Å². The van der Waals surface area contributed by atoms with Gasteiger partial charge < -0.3 is 14.9 Å². The van der Waals surface area contributed by atoms with Crippen LogP contribution in [0, 0.1) is 29.6 Å². The number of rotatable bonds is 8. The van der Waals surface area contributed by atoms with Crippen molar-refractivity contribution < 1.29 is 19.7 Å². The number of hydrogen-bond acceptors (Lipinski definition) is 3. The monoisotopic (exact) mass is 362 g/mol. The van der Waals surface area contributed by atoms with E-state index in [0.29, 0.717) is 24.4 Å². The van der Waals surface area contributed by atoms with Gasteiger partial charge in [-0.15, -0.1) is 0 Å². The first kappa shape index (κ1) is 18.5. The molecule has 0 radical (unpaired) electrons. The van der Waals surface area contributed by atoms with E-state index in [2.05, 4.69) is 12.2 Å². The summed E-state index contributed by atoms with van der Waals surface area (Å²) in [5.41, 5.74) is 0. The Morgan fingerprint density at radius 3 is 2.58 bits per heavy atom. The number of carbonyl (C=O) groups is 1. The van der Waals surface area contributed by atoms with E-state index in [0.717, 1.165) is 37.0 Å². The van der Waals surface area contributed by atoms with Gasteiger partial charge in [-0.05, 0) is 100 Å². The summed E-state index contributed by atoms with van der Waals surface area (Å²) in [5.74, 6) is 3.28. The summed E-state index contributed by atoms with van der Waals surface area (Å²) >= 11 is 0. The third-order valence-corrected chi connectivity index (χ3v) is 7.70. The maximum atomic E-state index is 10.7. The number of aliphatic hydroxyl groups is 1. The predicted octanol–water partition coefficient (Wildman–Crippen LogP) is 4.17. The number of ether oxygens (including phenoxy) is 1. The van der Waals surface area contributed by atoms with Gasteiger partial charge in [-0.3, -0.25) is 0 Å². The second-order valence-electron chi connectivity index (χ2n) is 9.32. The van der Waals surface area contributed by atoms with Crippen molar-refractivity contribution in [1.29, 1.82) is 0 Å². The lowest BCUT2D eigenvalue weighted by molar-refractivity contribution is -0.147. The smallest absolute Gasteiger partial charge is 0.332 e. The van der Waals surface area contributed by atoms with Gasteiger partial charge in [-0.2, -0.15) is 0 Å². The topological polar surface area (TPSA) is 66.8 Å². The van der Waals surface area contributed by atoms with Crippen molar-refractivity contribution in [2.75, 3.05) is 0 Å². The highest BCUT2D eigenvalue weighted by molar-refractivity contribution is 5.71. The summed E-state index contributed by atoms with van der Waals surface area (Å²) in [7, 11) is 0. The molecule has 4 fully saturated rings. The molecule has 0 amide bonds. The summed E-state index contributed by atoms with van der Waals surface area (Å²) in [6.07, 6.45) is 17.0. The Bertz CT molecular complexity index is 518. The molecule has 3 aliphatic carbocycles. The molecular formula is C22H34O4. The third kappa shape index (κ3) is 4.01. The molecule has 146 valence electrons. The Morgan fingerprint density at radius 2 is 1.88 bits per heavy atom. The molecule has 0 aromatic carbocycles. The molecule has 4 aliphatic rings. The molecule has 3 saturated carbocycles. The van der Waals surface area contributed by atoms with Gasteiger partial charge in [0.25, 0.3) is 0 Å². The van der Waals surface area contributed by atoms with Crippen molar-refractivity contribution in [2.24, 2.45) is 29.6 Å². The summed E-state index contributed by atoms with van der Waals surface area (Å²) in [6, 6.07) is 0. The van der Waals surface area contributed by atoms with Crippen LogP contribution >= 0.6 is 0 Å². The van der Waals surface area contributed by atoms with Gasteiger partial charge >= 0.3 is 5.97 Å². The van der Waals surface area contributed by atoms with Crippen LogP contribution in [0.3, 0.4) is 0 Å². The van der Waals surface area contributed by atoms with Crippen molar-refractivity contribution in [1.82, 2.24) is 0 Å². The van der Waals surface area contributed by atoms with Gasteiger partial charge in [0.05, 0.1) is 12.2 Å². The van der Waals surface area contributed by atoms with E-state index in [4.69, 9.17) is 9.84 Å². The molecule has 2 N–H and O–H groups in total. The minimum atomic E-state index is -1.22. The molecule has 0 aromatic heterocycles. The zero-order valence-electron chi connectivity index (χ0n) is 15.8. The molecule has 0 spiro atoms. The van der Waals surface area contributed by atoms with Gasteiger partial charge in [0.1, 0.15) is 0 Å².